The minimum Gasteiger partial charge on any atom is -0.386 e. The van der Waals surface area contributed by atoms with Gasteiger partial charge in [-0.25, -0.2) is 0 Å². The van der Waals surface area contributed by atoms with Crippen molar-refractivity contribution in [3.8, 4) is 0 Å². The van der Waals surface area contributed by atoms with Gasteiger partial charge in [0.15, 0.2) is 5.82 Å². The Morgan fingerprint density at radius 3 is 2.78 bits per heavy atom. The fraction of sp³-hybridized carbons (Fsp3) is 0.429. The van der Waals surface area contributed by atoms with Crippen LogP contribution >= 0.6 is 0 Å². The molecule has 92 valence electrons. The highest BCUT2D eigenvalue weighted by atomic mass is 16.3. The van der Waals surface area contributed by atoms with Crippen molar-refractivity contribution in [3.05, 3.63) is 30.5 Å². The lowest BCUT2D eigenvalue weighted by Gasteiger charge is -2.47. The lowest BCUT2D eigenvalue weighted by molar-refractivity contribution is -0.00964. The van der Waals surface area contributed by atoms with Crippen LogP contribution in [0.2, 0.25) is 0 Å². The Labute approximate surface area is 105 Å². The fourth-order valence-electron chi connectivity index (χ4n) is 2.89. The quantitative estimate of drug-likeness (QED) is 0.867. The van der Waals surface area contributed by atoms with E-state index in [0.29, 0.717) is 19.0 Å². The van der Waals surface area contributed by atoms with Gasteiger partial charge in [-0.3, -0.25) is 0 Å². The van der Waals surface area contributed by atoms with Crippen molar-refractivity contribution in [2.24, 2.45) is 5.92 Å². The van der Waals surface area contributed by atoms with Gasteiger partial charge >= 0.3 is 0 Å². The molecule has 1 aliphatic heterocycles. The smallest absolute Gasteiger partial charge is 0.159 e. The molecule has 2 aromatic rings. The number of β-amino-alcohol motifs (C(OH)–C–C–N with tert-alkyl or cyclic N) is 1. The summed E-state index contributed by atoms with van der Waals surface area (Å²) >= 11 is 0. The van der Waals surface area contributed by atoms with E-state index in [1.807, 2.05) is 18.2 Å². The monoisotopic (exact) mass is 241 g/mol. The van der Waals surface area contributed by atoms with Crippen molar-refractivity contribution in [2.75, 3.05) is 18.0 Å². The minimum atomic E-state index is -0.474. The summed E-state index contributed by atoms with van der Waals surface area (Å²) in [5, 5.41) is 20.9. The van der Waals surface area contributed by atoms with Gasteiger partial charge in [-0.2, -0.15) is 5.10 Å². The van der Waals surface area contributed by atoms with Crippen molar-refractivity contribution in [1.82, 2.24) is 10.2 Å². The van der Waals surface area contributed by atoms with E-state index in [-0.39, 0.29) is 0 Å². The zero-order valence-corrected chi connectivity index (χ0v) is 10.1. The van der Waals surface area contributed by atoms with Crippen LogP contribution in [-0.2, 0) is 0 Å². The van der Waals surface area contributed by atoms with E-state index >= 15 is 0 Å². The molecule has 1 N–H and O–H groups in total. The van der Waals surface area contributed by atoms with Crippen LogP contribution in [-0.4, -0.2) is 34.0 Å². The molecule has 2 heterocycles. The summed E-state index contributed by atoms with van der Waals surface area (Å²) in [6, 6.07) is 8.12. The third-order valence-corrected chi connectivity index (χ3v) is 4.12. The maximum Gasteiger partial charge on any atom is 0.159 e. The number of aliphatic hydroxyl groups is 1. The lowest BCUT2D eigenvalue weighted by Crippen LogP contribution is -2.63. The highest BCUT2D eigenvalue weighted by molar-refractivity contribution is 5.91. The van der Waals surface area contributed by atoms with Crippen LogP contribution in [0.3, 0.4) is 0 Å². The lowest BCUT2D eigenvalue weighted by atomic mass is 9.88. The van der Waals surface area contributed by atoms with Crippen molar-refractivity contribution < 1.29 is 5.11 Å². The van der Waals surface area contributed by atoms with E-state index in [0.717, 1.165) is 16.6 Å². The summed E-state index contributed by atoms with van der Waals surface area (Å²) in [6.45, 7) is 1.39. The standard InChI is InChI=1S/C14H15N3O/c18-14(11-5-6-11)8-17(9-14)13-12-4-2-1-3-10(12)7-15-16-13/h1-4,7,11,18H,5-6,8-9H2. The third-order valence-electron chi connectivity index (χ3n) is 4.12. The van der Waals surface area contributed by atoms with E-state index in [2.05, 4.69) is 21.2 Å². The topological polar surface area (TPSA) is 49.2 Å². The molecule has 1 saturated carbocycles. The van der Waals surface area contributed by atoms with E-state index in [9.17, 15) is 5.11 Å². The summed E-state index contributed by atoms with van der Waals surface area (Å²) in [5.74, 6) is 1.41. The van der Waals surface area contributed by atoms with Crippen LogP contribution in [0.5, 0.6) is 0 Å². The zero-order chi connectivity index (χ0) is 12.2. The molecule has 2 aliphatic rings. The second-order valence-electron chi connectivity index (χ2n) is 5.49. The second kappa shape index (κ2) is 3.42. The number of fused-ring (bicyclic) bond motifs is 1. The van der Waals surface area contributed by atoms with Gasteiger partial charge in [-0.15, -0.1) is 5.10 Å². The van der Waals surface area contributed by atoms with Gasteiger partial charge in [-0.05, 0) is 18.8 Å². The molecule has 0 atom stereocenters. The molecule has 4 nitrogen and oxygen atoms in total. The molecule has 4 rings (SSSR count). The Hall–Kier alpha value is -1.68. The van der Waals surface area contributed by atoms with Crippen LogP contribution in [0.1, 0.15) is 12.8 Å². The summed E-state index contributed by atoms with van der Waals surface area (Å²) < 4.78 is 0. The fourth-order valence-corrected chi connectivity index (χ4v) is 2.89. The third kappa shape index (κ3) is 1.42. The second-order valence-corrected chi connectivity index (χ2v) is 5.49. The number of nitrogens with zero attached hydrogens (tertiary/aromatic N) is 3. The van der Waals surface area contributed by atoms with Crippen molar-refractivity contribution in [2.45, 2.75) is 18.4 Å². The van der Waals surface area contributed by atoms with Crippen molar-refractivity contribution in [3.63, 3.8) is 0 Å². The Kier molecular flexibility index (Phi) is 1.95. The molecule has 1 aromatic heterocycles. The van der Waals surface area contributed by atoms with Crippen molar-refractivity contribution >= 4 is 16.6 Å². The van der Waals surface area contributed by atoms with Crippen LogP contribution in [0.4, 0.5) is 5.82 Å². The van der Waals surface area contributed by atoms with Crippen LogP contribution in [0, 0.1) is 5.92 Å². The maximum atomic E-state index is 10.4. The first-order chi connectivity index (χ1) is 8.76. The van der Waals surface area contributed by atoms with Gasteiger partial charge < -0.3 is 10.0 Å². The highest BCUT2D eigenvalue weighted by Crippen LogP contribution is 2.45. The summed E-state index contributed by atoms with van der Waals surface area (Å²) in [6.07, 6.45) is 4.13. The molecule has 0 bridgehead atoms. The van der Waals surface area contributed by atoms with Gasteiger partial charge in [-0.1, -0.05) is 24.3 Å². The molecule has 4 heteroatoms. The Bertz CT molecular complexity index is 598. The summed E-state index contributed by atoms with van der Waals surface area (Å²) in [4.78, 5) is 2.13. The molecule has 0 amide bonds. The van der Waals surface area contributed by atoms with E-state index in [1.54, 1.807) is 6.20 Å². The first kappa shape index (κ1) is 10.3. The van der Waals surface area contributed by atoms with E-state index in [1.165, 1.54) is 12.8 Å². The van der Waals surface area contributed by atoms with Gasteiger partial charge in [0.2, 0.25) is 0 Å². The SMILES string of the molecule is OC1(C2CC2)CN(c2nncc3ccccc23)C1. The average molecular weight is 241 g/mol. The number of aromatic nitrogens is 2. The van der Waals surface area contributed by atoms with Crippen molar-refractivity contribution in [1.29, 1.82) is 0 Å². The van der Waals surface area contributed by atoms with E-state index in [4.69, 9.17) is 0 Å². The van der Waals surface area contributed by atoms with E-state index < -0.39 is 5.60 Å². The number of hydrogen-bond donors (Lipinski definition) is 1. The molecule has 0 unspecified atom stereocenters. The average Bonchev–Trinajstić information content (AvgIpc) is 3.19. The zero-order valence-electron chi connectivity index (χ0n) is 10.1. The molecule has 2 fully saturated rings. The summed E-state index contributed by atoms with van der Waals surface area (Å²) in [7, 11) is 0. The Balaban J connectivity index is 1.68. The van der Waals surface area contributed by atoms with Gasteiger partial charge in [0.05, 0.1) is 19.3 Å². The summed E-state index contributed by atoms with van der Waals surface area (Å²) in [5.41, 5.74) is -0.474. The first-order valence-corrected chi connectivity index (χ1v) is 6.44. The first-order valence-electron chi connectivity index (χ1n) is 6.44. The Morgan fingerprint density at radius 2 is 2.00 bits per heavy atom. The highest BCUT2D eigenvalue weighted by Gasteiger charge is 2.52. The van der Waals surface area contributed by atoms with Gasteiger partial charge in [0.25, 0.3) is 0 Å². The van der Waals surface area contributed by atoms with Crippen LogP contribution in [0.25, 0.3) is 10.8 Å². The largest absolute Gasteiger partial charge is 0.386 e. The number of rotatable bonds is 2. The molecule has 0 spiro atoms. The number of benzene rings is 1. The van der Waals surface area contributed by atoms with Crippen LogP contribution in [0.15, 0.2) is 30.5 Å². The predicted octanol–water partition coefficient (Wildman–Crippen LogP) is 1.59. The molecular formula is C14H15N3O. The number of anilines is 1. The van der Waals surface area contributed by atoms with Crippen LogP contribution < -0.4 is 4.90 Å². The maximum absolute atomic E-state index is 10.4. The normalized spacial score (nSPS) is 21.9. The minimum absolute atomic E-state index is 0.474. The predicted molar refractivity (Wildman–Crippen MR) is 69.4 cm³/mol. The molecule has 0 radical (unpaired) electrons. The van der Waals surface area contributed by atoms with Gasteiger partial charge in [0.1, 0.15) is 5.60 Å². The molecular weight excluding hydrogens is 226 g/mol. The molecule has 1 saturated heterocycles. The molecule has 1 aromatic carbocycles. The van der Waals surface area contributed by atoms with Gasteiger partial charge in [0, 0.05) is 10.8 Å². The molecule has 18 heavy (non-hydrogen) atoms. The Morgan fingerprint density at radius 1 is 1.22 bits per heavy atom. The number of hydrogen-bond acceptors (Lipinski definition) is 4. The molecule has 1 aliphatic carbocycles.